The van der Waals surface area contributed by atoms with Crippen LogP contribution in [0.4, 0.5) is 0 Å². The SMILES string of the molecule is CCC(c1ccc(Cl)c(Cl)c1)S(=O)(=O)NC. The van der Waals surface area contributed by atoms with Crippen LogP contribution in [0.1, 0.15) is 24.2 Å². The number of halogens is 2. The number of hydrogen-bond acceptors (Lipinski definition) is 2. The van der Waals surface area contributed by atoms with E-state index in [4.69, 9.17) is 23.2 Å². The number of rotatable bonds is 4. The molecule has 1 N–H and O–H groups in total. The lowest BCUT2D eigenvalue weighted by atomic mass is 10.1. The van der Waals surface area contributed by atoms with Gasteiger partial charge in [0.15, 0.2) is 0 Å². The molecule has 0 heterocycles. The standard InChI is InChI=1S/C10H13Cl2NO2S/c1-3-10(16(14,15)13-2)7-4-5-8(11)9(12)6-7/h4-6,10,13H,3H2,1-2H3. The van der Waals surface area contributed by atoms with Crippen LogP contribution in [-0.2, 0) is 10.0 Å². The second-order valence-corrected chi connectivity index (χ2v) is 6.20. The van der Waals surface area contributed by atoms with Crippen molar-refractivity contribution in [3.05, 3.63) is 33.8 Å². The third-order valence-corrected chi connectivity index (χ3v) is 5.01. The topological polar surface area (TPSA) is 46.2 Å². The Kier molecular flexibility index (Phi) is 4.62. The molecule has 1 unspecified atom stereocenters. The van der Waals surface area contributed by atoms with Crippen molar-refractivity contribution in [3.8, 4) is 0 Å². The molecule has 0 bridgehead atoms. The summed E-state index contributed by atoms with van der Waals surface area (Å²) in [5.74, 6) is 0. The fraction of sp³-hybridized carbons (Fsp3) is 0.400. The van der Waals surface area contributed by atoms with Crippen LogP contribution < -0.4 is 4.72 Å². The fourth-order valence-corrected chi connectivity index (χ4v) is 3.02. The lowest BCUT2D eigenvalue weighted by Crippen LogP contribution is -2.25. The summed E-state index contributed by atoms with van der Waals surface area (Å²) in [7, 11) is -1.95. The van der Waals surface area contributed by atoms with Gasteiger partial charge in [-0.3, -0.25) is 0 Å². The van der Waals surface area contributed by atoms with Crippen LogP contribution >= 0.6 is 23.2 Å². The van der Waals surface area contributed by atoms with E-state index in [0.717, 1.165) is 0 Å². The summed E-state index contributed by atoms with van der Waals surface area (Å²) in [6, 6.07) is 4.87. The molecule has 16 heavy (non-hydrogen) atoms. The summed E-state index contributed by atoms with van der Waals surface area (Å²) in [6.07, 6.45) is 0.473. The maximum atomic E-state index is 11.7. The molecule has 0 aliphatic carbocycles. The molecule has 1 atom stereocenters. The molecule has 6 heteroatoms. The minimum absolute atomic E-state index is 0.365. The first-order valence-electron chi connectivity index (χ1n) is 4.79. The molecule has 1 aromatic carbocycles. The van der Waals surface area contributed by atoms with Gasteiger partial charge in [0.1, 0.15) is 5.25 Å². The molecular formula is C10H13Cl2NO2S. The van der Waals surface area contributed by atoms with Crippen molar-refractivity contribution in [1.82, 2.24) is 4.72 Å². The molecule has 0 aromatic heterocycles. The minimum Gasteiger partial charge on any atom is -0.218 e. The van der Waals surface area contributed by atoms with Crippen molar-refractivity contribution < 1.29 is 8.42 Å². The van der Waals surface area contributed by atoms with Crippen LogP contribution in [0.25, 0.3) is 0 Å². The van der Waals surface area contributed by atoms with Gasteiger partial charge in [-0.05, 0) is 31.2 Å². The Bertz CT molecular complexity index is 474. The van der Waals surface area contributed by atoms with Gasteiger partial charge >= 0.3 is 0 Å². The van der Waals surface area contributed by atoms with Crippen molar-refractivity contribution in [2.75, 3.05) is 7.05 Å². The lowest BCUT2D eigenvalue weighted by Gasteiger charge is -2.15. The van der Waals surface area contributed by atoms with Gasteiger partial charge in [-0.2, -0.15) is 0 Å². The molecule has 0 spiro atoms. The second-order valence-electron chi connectivity index (χ2n) is 3.32. The van der Waals surface area contributed by atoms with E-state index in [1.807, 2.05) is 6.92 Å². The maximum absolute atomic E-state index is 11.7. The van der Waals surface area contributed by atoms with Crippen molar-refractivity contribution in [3.63, 3.8) is 0 Å². The summed E-state index contributed by atoms with van der Waals surface area (Å²) in [4.78, 5) is 0. The van der Waals surface area contributed by atoms with Gasteiger partial charge in [-0.1, -0.05) is 36.2 Å². The van der Waals surface area contributed by atoms with E-state index in [-0.39, 0.29) is 0 Å². The molecule has 0 saturated heterocycles. The van der Waals surface area contributed by atoms with Gasteiger partial charge < -0.3 is 0 Å². The molecular weight excluding hydrogens is 269 g/mol. The molecule has 0 aliphatic heterocycles. The van der Waals surface area contributed by atoms with E-state index in [1.165, 1.54) is 7.05 Å². The number of benzene rings is 1. The first kappa shape index (κ1) is 13.8. The van der Waals surface area contributed by atoms with Crippen molar-refractivity contribution in [2.45, 2.75) is 18.6 Å². The van der Waals surface area contributed by atoms with E-state index in [0.29, 0.717) is 22.0 Å². The Hall–Kier alpha value is -0.290. The summed E-state index contributed by atoms with van der Waals surface area (Å²) in [5, 5.41) is 0.179. The molecule has 1 rings (SSSR count). The predicted molar refractivity (Wildman–Crippen MR) is 67.5 cm³/mol. The van der Waals surface area contributed by atoms with Gasteiger partial charge in [0, 0.05) is 0 Å². The highest BCUT2D eigenvalue weighted by atomic mass is 35.5. The third-order valence-electron chi connectivity index (χ3n) is 2.35. The average Bonchev–Trinajstić information content (AvgIpc) is 2.24. The van der Waals surface area contributed by atoms with Crippen LogP contribution in [0.15, 0.2) is 18.2 Å². The number of nitrogens with one attached hydrogen (secondary N) is 1. The van der Waals surface area contributed by atoms with Gasteiger partial charge in [0.2, 0.25) is 10.0 Å². The van der Waals surface area contributed by atoms with Gasteiger partial charge in [-0.25, -0.2) is 13.1 Å². The Morgan fingerprint density at radius 3 is 2.38 bits per heavy atom. The third kappa shape index (κ3) is 2.88. The van der Waals surface area contributed by atoms with Gasteiger partial charge in [0.05, 0.1) is 10.0 Å². The van der Waals surface area contributed by atoms with E-state index in [9.17, 15) is 8.42 Å². The Balaban J connectivity index is 3.20. The van der Waals surface area contributed by atoms with E-state index >= 15 is 0 Å². The first-order valence-corrected chi connectivity index (χ1v) is 7.10. The normalized spacial score (nSPS) is 13.8. The summed E-state index contributed by atoms with van der Waals surface area (Å²) >= 11 is 11.6. The molecule has 90 valence electrons. The Labute approximate surface area is 106 Å². The molecule has 0 aliphatic rings. The molecule has 0 saturated carbocycles. The average molecular weight is 282 g/mol. The van der Waals surface area contributed by atoms with E-state index in [2.05, 4.69) is 4.72 Å². The zero-order valence-electron chi connectivity index (χ0n) is 9.00. The largest absolute Gasteiger partial charge is 0.218 e. The van der Waals surface area contributed by atoms with E-state index < -0.39 is 15.3 Å². The Morgan fingerprint density at radius 1 is 1.31 bits per heavy atom. The van der Waals surface area contributed by atoms with Gasteiger partial charge in [-0.15, -0.1) is 0 Å². The maximum Gasteiger partial charge on any atom is 0.218 e. The molecule has 1 aromatic rings. The highest BCUT2D eigenvalue weighted by Crippen LogP contribution is 2.30. The van der Waals surface area contributed by atoms with Crippen molar-refractivity contribution in [2.24, 2.45) is 0 Å². The monoisotopic (exact) mass is 281 g/mol. The molecule has 0 radical (unpaired) electrons. The quantitative estimate of drug-likeness (QED) is 0.922. The molecule has 3 nitrogen and oxygen atoms in total. The van der Waals surface area contributed by atoms with Crippen LogP contribution in [-0.4, -0.2) is 15.5 Å². The summed E-state index contributed by atoms with van der Waals surface area (Å²) < 4.78 is 25.8. The smallest absolute Gasteiger partial charge is 0.218 e. The van der Waals surface area contributed by atoms with Crippen LogP contribution in [0.3, 0.4) is 0 Å². The lowest BCUT2D eigenvalue weighted by molar-refractivity contribution is 0.571. The van der Waals surface area contributed by atoms with E-state index in [1.54, 1.807) is 18.2 Å². The van der Waals surface area contributed by atoms with Gasteiger partial charge in [0.25, 0.3) is 0 Å². The second kappa shape index (κ2) is 5.36. The summed E-state index contributed by atoms with van der Waals surface area (Å²) in [6.45, 7) is 1.81. The summed E-state index contributed by atoms with van der Waals surface area (Å²) in [5.41, 5.74) is 0.645. The first-order chi connectivity index (χ1) is 7.42. The zero-order chi connectivity index (χ0) is 12.3. The zero-order valence-corrected chi connectivity index (χ0v) is 11.3. The highest BCUT2D eigenvalue weighted by molar-refractivity contribution is 7.89. The fourth-order valence-electron chi connectivity index (χ4n) is 1.49. The van der Waals surface area contributed by atoms with Crippen LogP contribution in [0.5, 0.6) is 0 Å². The van der Waals surface area contributed by atoms with Crippen LogP contribution in [0, 0.1) is 0 Å². The highest BCUT2D eigenvalue weighted by Gasteiger charge is 2.24. The molecule has 0 fully saturated rings. The van der Waals surface area contributed by atoms with Crippen LogP contribution in [0.2, 0.25) is 10.0 Å². The van der Waals surface area contributed by atoms with Crippen molar-refractivity contribution in [1.29, 1.82) is 0 Å². The minimum atomic E-state index is -3.34. The van der Waals surface area contributed by atoms with Crippen molar-refractivity contribution >= 4 is 33.2 Å². The molecule has 0 amide bonds. The predicted octanol–water partition coefficient (Wildman–Crippen LogP) is 2.99. The number of hydrogen-bond donors (Lipinski definition) is 1. The Morgan fingerprint density at radius 2 is 1.94 bits per heavy atom. The number of sulfonamides is 1.